The molecule has 168 valence electrons. The Morgan fingerprint density at radius 1 is 0.727 bits per heavy atom. The quantitative estimate of drug-likeness (QED) is 0.179. The van der Waals surface area contributed by atoms with E-state index in [-0.39, 0.29) is 46.4 Å². The van der Waals surface area contributed by atoms with Crippen molar-refractivity contribution in [3.05, 3.63) is 65.7 Å². The minimum absolute atomic E-state index is 0. The summed E-state index contributed by atoms with van der Waals surface area (Å²) in [4.78, 5) is 22.8. The minimum atomic E-state index is -4.65. The van der Waals surface area contributed by atoms with Gasteiger partial charge in [0, 0.05) is 0 Å². The number of ether oxygens (including phenoxy) is 2. The molecule has 0 bridgehead atoms. The van der Waals surface area contributed by atoms with E-state index in [0.717, 1.165) is 44.6 Å². The first-order valence-corrected chi connectivity index (χ1v) is 11.5. The number of esters is 2. The second-order valence-electron chi connectivity index (χ2n) is 6.39. The number of carbonyl (C=O) groups is 2. The van der Waals surface area contributed by atoms with Gasteiger partial charge >= 0.3 is 51.6 Å². The fraction of sp³-hybridized carbons (Fsp3) is 0.100. The van der Waals surface area contributed by atoms with Crippen LogP contribution in [0.1, 0.15) is 20.7 Å². The second-order valence-corrected chi connectivity index (χ2v) is 9.32. The van der Waals surface area contributed by atoms with Crippen LogP contribution in [0.5, 0.6) is 5.75 Å². The van der Waals surface area contributed by atoms with Crippen LogP contribution in [-0.2, 0) is 29.7 Å². The van der Waals surface area contributed by atoms with Crippen molar-refractivity contribution in [3.63, 3.8) is 0 Å². The van der Waals surface area contributed by atoms with Gasteiger partial charge < -0.3 is 18.2 Å². The Hall–Kier alpha value is -2.48. The maximum absolute atomic E-state index is 12.8. The van der Waals surface area contributed by atoms with Gasteiger partial charge in [0.2, 0.25) is 0 Å². The number of hydrogen-bond donors (Lipinski definition) is 0. The molecule has 0 aliphatic heterocycles. The minimum Gasteiger partial charge on any atom is -0.744 e. The van der Waals surface area contributed by atoms with Crippen molar-refractivity contribution in [1.82, 2.24) is 0 Å². The molecule has 3 aromatic rings. The maximum Gasteiger partial charge on any atom is 1.00 e. The number of fused-ring (bicyclic) bond motifs is 1. The van der Waals surface area contributed by atoms with Crippen molar-refractivity contribution < 1.29 is 74.2 Å². The average molecular weight is 502 g/mol. The molecule has 3 rings (SSSR count). The SMILES string of the molecule is COC(=O)c1cc(C(=O)OC)cc(S(=O)(=O)Oc2ccc3cc(S(=O)(=O)[O-])ccc3c2)c1.[Na+]. The maximum atomic E-state index is 12.8. The van der Waals surface area contributed by atoms with Gasteiger partial charge in [-0.2, -0.15) is 8.42 Å². The Morgan fingerprint density at radius 2 is 1.24 bits per heavy atom. The molecule has 0 radical (unpaired) electrons. The van der Waals surface area contributed by atoms with Gasteiger partial charge in [0.25, 0.3) is 0 Å². The van der Waals surface area contributed by atoms with E-state index >= 15 is 0 Å². The fourth-order valence-corrected chi connectivity index (χ4v) is 4.30. The molecule has 0 saturated heterocycles. The van der Waals surface area contributed by atoms with Crippen molar-refractivity contribution in [2.45, 2.75) is 9.79 Å². The van der Waals surface area contributed by atoms with Crippen LogP contribution < -0.4 is 33.7 Å². The van der Waals surface area contributed by atoms with Crippen LogP contribution in [0.3, 0.4) is 0 Å². The molecule has 3 aromatic carbocycles. The van der Waals surface area contributed by atoms with Crippen molar-refractivity contribution >= 4 is 42.9 Å². The van der Waals surface area contributed by atoms with Gasteiger partial charge in [0.1, 0.15) is 20.8 Å². The first kappa shape index (κ1) is 26.8. The first-order valence-electron chi connectivity index (χ1n) is 8.70. The zero-order valence-electron chi connectivity index (χ0n) is 17.6. The summed E-state index contributed by atoms with van der Waals surface area (Å²) in [7, 11) is -6.96. The first-order chi connectivity index (χ1) is 14.9. The van der Waals surface area contributed by atoms with Crippen molar-refractivity contribution in [2.75, 3.05) is 14.2 Å². The molecular weight excluding hydrogens is 487 g/mol. The van der Waals surface area contributed by atoms with E-state index < -0.39 is 42.0 Å². The Bertz CT molecular complexity index is 1410. The summed E-state index contributed by atoms with van der Waals surface area (Å²) in [5.41, 5.74) is -0.412. The predicted octanol–water partition coefficient (Wildman–Crippen LogP) is -0.911. The van der Waals surface area contributed by atoms with Crippen LogP contribution in [0, 0.1) is 0 Å². The standard InChI is InChI=1S/C20H16O10S2.Na/c1-28-19(21)14-7-15(20(22)29-2)11-18(10-14)32(26,27)30-16-5-3-13-9-17(31(23,24)25)6-4-12(13)8-16;/h3-11H,1-2H3,(H,23,24,25);/q;+1/p-1. The van der Waals surface area contributed by atoms with Gasteiger partial charge in [-0.15, -0.1) is 0 Å². The molecule has 0 heterocycles. The van der Waals surface area contributed by atoms with Crippen molar-refractivity contribution in [1.29, 1.82) is 0 Å². The summed E-state index contributed by atoms with van der Waals surface area (Å²) < 4.78 is 73.4. The van der Waals surface area contributed by atoms with E-state index in [4.69, 9.17) is 4.18 Å². The van der Waals surface area contributed by atoms with Crippen molar-refractivity contribution in [2.24, 2.45) is 0 Å². The van der Waals surface area contributed by atoms with Crippen LogP contribution >= 0.6 is 0 Å². The van der Waals surface area contributed by atoms with E-state index in [1.54, 1.807) is 0 Å². The predicted molar refractivity (Wildman–Crippen MR) is 109 cm³/mol. The zero-order valence-corrected chi connectivity index (χ0v) is 21.2. The Labute approximate surface area is 211 Å². The molecule has 13 heteroatoms. The number of hydrogen-bond acceptors (Lipinski definition) is 10. The Kier molecular flexibility index (Phi) is 8.27. The molecule has 0 spiro atoms. The van der Waals surface area contributed by atoms with Gasteiger partial charge in [0.05, 0.1) is 30.2 Å². The van der Waals surface area contributed by atoms with Crippen molar-refractivity contribution in [3.8, 4) is 5.75 Å². The van der Waals surface area contributed by atoms with E-state index in [1.807, 2.05) is 0 Å². The van der Waals surface area contributed by atoms with Crippen LogP contribution in [0.25, 0.3) is 10.8 Å². The third kappa shape index (κ3) is 6.10. The van der Waals surface area contributed by atoms with E-state index in [1.165, 1.54) is 24.3 Å². The van der Waals surface area contributed by atoms with Gasteiger partial charge in [-0.25, -0.2) is 18.0 Å². The zero-order chi connectivity index (χ0) is 23.7. The molecule has 0 atom stereocenters. The smallest absolute Gasteiger partial charge is 0.744 e. The van der Waals surface area contributed by atoms with Gasteiger partial charge in [-0.05, 0) is 53.2 Å². The molecule has 0 saturated carbocycles. The van der Waals surface area contributed by atoms with E-state index in [0.29, 0.717) is 10.8 Å². The molecule has 0 unspecified atom stereocenters. The van der Waals surface area contributed by atoms with Crippen LogP contribution in [0.15, 0.2) is 64.4 Å². The summed E-state index contributed by atoms with van der Waals surface area (Å²) in [5, 5.41) is 0.774. The molecule has 10 nitrogen and oxygen atoms in total. The molecule has 0 aromatic heterocycles. The Balaban J connectivity index is 0.00000385. The fourth-order valence-electron chi connectivity index (χ4n) is 2.80. The second kappa shape index (κ2) is 10.2. The molecule has 0 aliphatic carbocycles. The number of benzene rings is 3. The summed E-state index contributed by atoms with van der Waals surface area (Å²) in [5.74, 6) is -1.87. The summed E-state index contributed by atoms with van der Waals surface area (Å²) >= 11 is 0. The van der Waals surface area contributed by atoms with Gasteiger partial charge in [-0.3, -0.25) is 0 Å². The number of carbonyl (C=O) groups excluding carboxylic acids is 2. The molecule has 0 aliphatic rings. The third-order valence-electron chi connectivity index (χ3n) is 4.32. The number of rotatable bonds is 6. The normalized spacial score (nSPS) is 11.4. The molecule has 0 amide bonds. The summed E-state index contributed by atoms with van der Waals surface area (Å²) in [6.07, 6.45) is 0. The largest absolute Gasteiger partial charge is 1.00 e. The third-order valence-corrected chi connectivity index (χ3v) is 6.37. The van der Waals surface area contributed by atoms with Crippen LogP contribution in [0.2, 0.25) is 0 Å². The number of methoxy groups -OCH3 is 2. The average Bonchev–Trinajstić information content (AvgIpc) is 2.76. The summed E-state index contributed by atoms with van der Waals surface area (Å²) in [6.45, 7) is 0. The van der Waals surface area contributed by atoms with Crippen LogP contribution in [-0.4, -0.2) is 47.5 Å². The topological polar surface area (TPSA) is 153 Å². The Morgan fingerprint density at radius 3 is 1.76 bits per heavy atom. The monoisotopic (exact) mass is 502 g/mol. The molecule has 0 N–H and O–H groups in total. The molecule has 33 heavy (non-hydrogen) atoms. The van der Waals surface area contributed by atoms with Gasteiger partial charge in [0.15, 0.2) is 0 Å². The van der Waals surface area contributed by atoms with E-state index in [2.05, 4.69) is 9.47 Å². The molecular formula is C20H15NaO10S2. The van der Waals surface area contributed by atoms with Gasteiger partial charge in [-0.1, -0.05) is 12.1 Å². The van der Waals surface area contributed by atoms with Crippen LogP contribution in [0.4, 0.5) is 0 Å². The van der Waals surface area contributed by atoms with E-state index in [9.17, 15) is 31.0 Å². The molecule has 0 fully saturated rings. The summed E-state index contributed by atoms with van der Waals surface area (Å²) in [6, 6.07) is 10.6.